The predicted octanol–water partition coefficient (Wildman–Crippen LogP) is 5.80. The molecule has 1 heterocycles. The van der Waals surface area contributed by atoms with Crippen LogP contribution >= 0.6 is 11.6 Å². The van der Waals surface area contributed by atoms with Crippen molar-refractivity contribution < 1.29 is 13.5 Å². The number of nitrogens with one attached hydrogen (secondary N) is 3. The van der Waals surface area contributed by atoms with Gasteiger partial charge < -0.3 is 20.7 Å². The topological polar surface area (TPSA) is 58.2 Å². The van der Waals surface area contributed by atoms with Crippen LogP contribution in [0.3, 0.4) is 0 Å². The number of anilines is 2. The lowest BCUT2D eigenvalue weighted by molar-refractivity contribution is 0.161. The van der Waals surface area contributed by atoms with Crippen LogP contribution in [0.25, 0.3) is 11.1 Å². The number of ether oxygens (including phenoxy) is 1. The molecule has 2 saturated carbocycles. The van der Waals surface area contributed by atoms with Crippen LogP contribution in [0.15, 0.2) is 30.5 Å². The van der Waals surface area contributed by atoms with E-state index in [1.165, 1.54) is 6.07 Å². The highest BCUT2D eigenvalue weighted by molar-refractivity contribution is 6.33. The van der Waals surface area contributed by atoms with Crippen molar-refractivity contribution in [2.24, 2.45) is 0 Å². The van der Waals surface area contributed by atoms with E-state index in [-0.39, 0.29) is 12.4 Å². The molecule has 180 valence electrons. The van der Waals surface area contributed by atoms with E-state index in [0.717, 1.165) is 25.7 Å². The quantitative estimate of drug-likeness (QED) is 0.402. The zero-order chi connectivity index (χ0) is 23.4. The van der Waals surface area contributed by atoms with Crippen molar-refractivity contribution >= 4 is 23.1 Å². The summed E-state index contributed by atoms with van der Waals surface area (Å²) in [6, 6.07) is 7.63. The molecule has 0 radical (unpaired) electrons. The summed E-state index contributed by atoms with van der Waals surface area (Å²) in [6.45, 7) is 3.08. The molecule has 1 atom stereocenters. The van der Waals surface area contributed by atoms with Gasteiger partial charge in [0.25, 0.3) is 0 Å². The molecule has 3 N–H and O–H groups in total. The summed E-state index contributed by atoms with van der Waals surface area (Å²) in [6.07, 6.45) is 6.90. The summed E-state index contributed by atoms with van der Waals surface area (Å²) < 4.78 is 33.9. The molecule has 2 aromatic rings. The Labute approximate surface area is 199 Å². The molecule has 0 unspecified atom stereocenters. The van der Waals surface area contributed by atoms with Gasteiger partial charge >= 0.3 is 0 Å². The summed E-state index contributed by atoms with van der Waals surface area (Å²) in [5.41, 5.74) is 0.488. The largest absolute Gasteiger partial charge is 0.383 e. The number of pyridine rings is 1. The summed E-state index contributed by atoms with van der Waals surface area (Å²) in [5.74, 6) is 0.301. The number of benzene rings is 1. The monoisotopic (exact) mass is 478 g/mol. The minimum atomic E-state index is -1.13. The fourth-order valence-corrected chi connectivity index (χ4v) is 4.66. The smallest absolute Gasteiger partial charge is 0.131 e. The van der Waals surface area contributed by atoms with E-state index < -0.39 is 5.67 Å². The van der Waals surface area contributed by atoms with Crippen LogP contribution in [0.2, 0.25) is 5.02 Å². The standard InChI is InChI=1S/C25H33ClF2N4O/c1-16(14-33-2)31-17-3-5-18(6-4-17)32-24-12-20(22(26)13-29-24)21-11-19(7-8-23(21)27)30-15-25(28)9-10-25/h7-8,11-13,16-18,30-31H,3-6,9-10,14-15H2,1-2H3,(H,29,32)/t16-,17-,18-/m0/s1. The van der Waals surface area contributed by atoms with Gasteiger partial charge in [-0.05, 0) is 69.7 Å². The van der Waals surface area contributed by atoms with Crippen molar-refractivity contribution in [2.75, 3.05) is 30.9 Å². The molecule has 33 heavy (non-hydrogen) atoms. The molecule has 8 heteroatoms. The zero-order valence-corrected chi connectivity index (χ0v) is 20.0. The molecule has 0 saturated heterocycles. The molecule has 4 rings (SSSR count). The Morgan fingerprint density at radius 1 is 1.15 bits per heavy atom. The summed E-state index contributed by atoms with van der Waals surface area (Å²) >= 11 is 6.39. The minimum Gasteiger partial charge on any atom is -0.383 e. The second-order valence-electron chi connectivity index (χ2n) is 9.46. The first-order valence-corrected chi connectivity index (χ1v) is 12.1. The highest BCUT2D eigenvalue weighted by Crippen LogP contribution is 2.40. The molecule has 5 nitrogen and oxygen atoms in total. The van der Waals surface area contributed by atoms with Gasteiger partial charge in [0.2, 0.25) is 0 Å². The van der Waals surface area contributed by atoms with Gasteiger partial charge in [0.05, 0.1) is 11.6 Å². The summed E-state index contributed by atoms with van der Waals surface area (Å²) in [4.78, 5) is 4.42. The van der Waals surface area contributed by atoms with E-state index in [4.69, 9.17) is 16.3 Å². The third kappa shape index (κ3) is 6.55. The van der Waals surface area contributed by atoms with Gasteiger partial charge in [0, 0.05) is 54.8 Å². The number of nitrogens with zero attached hydrogens (tertiary/aromatic N) is 1. The number of alkyl halides is 1. The first kappa shape index (κ1) is 24.2. The third-order valence-corrected chi connectivity index (χ3v) is 6.83. The molecular formula is C25H33ClF2N4O. The second-order valence-corrected chi connectivity index (χ2v) is 9.87. The number of hydrogen-bond donors (Lipinski definition) is 3. The van der Waals surface area contributed by atoms with Gasteiger partial charge in [0.1, 0.15) is 17.3 Å². The number of rotatable bonds is 10. The maximum atomic E-state index is 14.7. The fraction of sp³-hybridized carbons (Fsp3) is 0.560. The van der Waals surface area contributed by atoms with Crippen molar-refractivity contribution in [1.82, 2.24) is 10.3 Å². The lowest BCUT2D eigenvalue weighted by atomic mass is 9.90. The molecule has 0 aliphatic heterocycles. The van der Waals surface area contributed by atoms with E-state index in [1.807, 2.05) is 0 Å². The van der Waals surface area contributed by atoms with Crippen molar-refractivity contribution in [2.45, 2.75) is 69.2 Å². The molecule has 0 amide bonds. The molecular weight excluding hydrogens is 446 g/mol. The highest BCUT2D eigenvalue weighted by atomic mass is 35.5. The Balaban J connectivity index is 1.40. The first-order valence-electron chi connectivity index (χ1n) is 11.7. The number of methoxy groups -OCH3 is 1. The Kier molecular flexibility index (Phi) is 7.72. The van der Waals surface area contributed by atoms with Gasteiger partial charge in [-0.2, -0.15) is 0 Å². The van der Waals surface area contributed by atoms with Gasteiger partial charge in [-0.1, -0.05) is 11.6 Å². The normalized spacial score (nSPS) is 22.6. The van der Waals surface area contributed by atoms with Crippen LogP contribution in [0.1, 0.15) is 45.4 Å². The Bertz CT molecular complexity index is 948. The van der Waals surface area contributed by atoms with Crippen LogP contribution in [-0.2, 0) is 4.74 Å². The summed E-state index contributed by atoms with van der Waals surface area (Å²) in [7, 11) is 1.72. The second kappa shape index (κ2) is 10.5. The average Bonchev–Trinajstić information content (AvgIpc) is 3.53. The van der Waals surface area contributed by atoms with Crippen molar-refractivity contribution in [3.8, 4) is 11.1 Å². The van der Waals surface area contributed by atoms with Crippen molar-refractivity contribution in [1.29, 1.82) is 0 Å². The highest BCUT2D eigenvalue weighted by Gasteiger charge is 2.42. The van der Waals surface area contributed by atoms with Crippen LogP contribution in [-0.4, -0.2) is 49.0 Å². The fourth-order valence-electron chi connectivity index (χ4n) is 4.45. The van der Waals surface area contributed by atoms with Gasteiger partial charge in [-0.3, -0.25) is 0 Å². The Morgan fingerprint density at radius 3 is 2.58 bits per heavy atom. The average molecular weight is 479 g/mol. The Morgan fingerprint density at radius 2 is 1.88 bits per heavy atom. The molecule has 1 aromatic heterocycles. The van der Waals surface area contributed by atoms with E-state index in [9.17, 15) is 8.78 Å². The number of halogens is 3. The molecule has 2 aliphatic rings. The first-order chi connectivity index (χ1) is 15.8. The number of hydrogen-bond acceptors (Lipinski definition) is 5. The van der Waals surface area contributed by atoms with Crippen molar-refractivity contribution in [3.63, 3.8) is 0 Å². The lowest BCUT2D eigenvalue weighted by Crippen LogP contribution is -2.42. The molecule has 2 aliphatic carbocycles. The summed E-state index contributed by atoms with van der Waals surface area (Å²) in [5, 5.41) is 10.6. The minimum absolute atomic E-state index is 0.233. The number of aromatic nitrogens is 1. The van der Waals surface area contributed by atoms with Gasteiger partial charge in [0.15, 0.2) is 0 Å². The lowest BCUT2D eigenvalue weighted by Gasteiger charge is -2.32. The van der Waals surface area contributed by atoms with Crippen LogP contribution in [0.4, 0.5) is 20.3 Å². The van der Waals surface area contributed by atoms with E-state index in [1.54, 1.807) is 31.5 Å². The predicted molar refractivity (Wildman–Crippen MR) is 130 cm³/mol. The van der Waals surface area contributed by atoms with Gasteiger partial charge in [-0.15, -0.1) is 0 Å². The molecule has 0 spiro atoms. The maximum absolute atomic E-state index is 14.7. The maximum Gasteiger partial charge on any atom is 0.131 e. The SMILES string of the molecule is COC[C@H](C)N[C@H]1CC[C@H](Nc2cc(-c3cc(NCC4(F)CC4)ccc3F)c(Cl)cn2)CC1. The third-order valence-electron chi connectivity index (χ3n) is 6.53. The van der Waals surface area contributed by atoms with E-state index in [2.05, 4.69) is 27.9 Å². The molecule has 1 aromatic carbocycles. The van der Waals surface area contributed by atoms with Crippen LogP contribution in [0.5, 0.6) is 0 Å². The van der Waals surface area contributed by atoms with Crippen molar-refractivity contribution in [3.05, 3.63) is 41.3 Å². The van der Waals surface area contributed by atoms with Crippen LogP contribution < -0.4 is 16.0 Å². The van der Waals surface area contributed by atoms with E-state index >= 15 is 0 Å². The zero-order valence-electron chi connectivity index (χ0n) is 19.3. The molecule has 2 fully saturated rings. The van der Waals surface area contributed by atoms with Gasteiger partial charge in [-0.25, -0.2) is 13.8 Å². The van der Waals surface area contributed by atoms with Crippen LogP contribution in [0, 0.1) is 5.82 Å². The van der Waals surface area contributed by atoms with E-state index in [0.29, 0.717) is 65.2 Å². The Hall–Kier alpha value is -1.96. The molecule has 0 bridgehead atoms.